The third kappa shape index (κ3) is 4.00. The quantitative estimate of drug-likeness (QED) is 0.901. The first-order chi connectivity index (χ1) is 7.52. The maximum absolute atomic E-state index is 11.7. The van der Waals surface area contributed by atoms with Crippen molar-refractivity contribution in [3.8, 4) is 0 Å². The molecule has 0 aromatic heterocycles. The molecular weight excluding hydrogens is 249 g/mol. The van der Waals surface area contributed by atoms with Crippen LogP contribution in [0.25, 0.3) is 0 Å². The summed E-state index contributed by atoms with van der Waals surface area (Å²) in [6, 6.07) is 5.03. The van der Waals surface area contributed by atoms with E-state index < -0.39 is 0 Å². The predicted molar refractivity (Wildman–Crippen MR) is 64.9 cm³/mol. The van der Waals surface area contributed by atoms with Gasteiger partial charge in [-0.25, -0.2) is 0 Å². The van der Waals surface area contributed by atoms with E-state index in [1.807, 2.05) is 0 Å². The lowest BCUT2D eigenvalue weighted by Crippen LogP contribution is -2.30. The van der Waals surface area contributed by atoms with Gasteiger partial charge < -0.3 is 10.0 Å². The summed E-state index contributed by atoms with van der Waals surface area (Å²) >= 11 is 11.6. The molecule has 0 unspecified atom stereocenters. The molecule has 0 saturated heterocycles. The largest absolute Gasteiger partial charge is 0.395 e. The third-order valence-electron chi connectivity index (χ3n) is 2.14. The molecule has 0 aliphatic rings. The Balaban J connectivity index is 2.69. The van der Waals surface area contributed by atoms with Crippen molar-refractivity contribution in [2.45, 2.75) is 6.42 Å². The molecule has 1 rings (SSSR count). The molecule has 0 fully saturated rings. The highest BCUT2D eigenvalue weighted by molar-refractivity contribution is 6.34. The number of likely N-dealkylation sites (N-methyl/N-ethyl adjacent to an activating group) is 1. The van der Waals surface area contributed by atoms with Gasteiger partial charge in [-0.15, -0.1) is 0 Å². The van der Waals surface area contributed by atoms with E-state index in [2.05, 4.69) is 0 Å². The number of benzene rings is 1. The van der Waals surface area contributed by atoms with Crippen molar-refractivity contribution in [3.05, 3.63) is 33.8 Å². The van der Waals surface area contributed by atoms with E-state index in [9.17, 15) is 4.79 Å². The summed E-state index contributed by atoms with van der Waals surface area (Å²) in [5, 5.41) is 9.73. The zero-order chi connectivity index (χ0) is 12.1. The fraction of sp³-hybridized carbons (Fsp3) is 0.364. The average molecular weight is 262 g/mol. The molecule has 3 nitrogen and oxygen atoms in total. The van der Waals surface area contributed by atoms with Crippen LogP contribution in [0.4, 0.5) is 0 Å². The summed E-state index contributed by atoms with van der Waals surface area (Å²) in [6.07, 6.45) is 0.233. The average Bonchev–Trinajstić information content (AvgIpc) is 2.16. The number of halogens is 2. The van der Waals surface area contributed by atoms with Crippen molar-refractivity contribution in [2.24, 2.45) is 0 Å². The monoisotopic (exact) mass is 261 g/mol. The minimum atomic E-state index is -0.0765. The van der Waals surface area contributed by atoms with Gasteiger partial charge in [0.25, 0.3) is 0 Å². The molecule has 5 heteroatoms. The van der Waals surface area contributed by atoms with Crippen LogP contribution in [0.3, 0.4) is 0 Å². The van der Waals surface area contributed by atoms with E-state index in [1.165, 1.54) is 4.90 Å². The Bertz CT molecular complexity index is 362. The van der Waals surface area contributed by atoms with Crippen LogP contribution < -0.4 is 0 Å². The normalized spacial score (nSPS) is 10.2. The predicted octanol–water partition coefficient (Wildman–Crippen LogP) is 1.99. The van der Waals surface area contributed by atoms with Crippen LogP contribution in [0.5, 0.6) is 0 Å². The van der Waals surface area contributed by atoms with Gasteiger partial charge in [-0.2, -0.15) is 0 Å². The number of hydrogen-bond acceptors (Lipinski definition) is 2. The fourth-order valence-corrected chi connectivity index (χ4v) is 1.87. The number of carbonyl (C=O) groups is 1. The SMILES string of the molecule is CN(CCO)C(=O)Cc1cc(Cl)cc(Cl)c1. The van der Waals surface area contributed by atoms with E-state index in [-0.39, 0.29) is 18.9 Å². The van der Waals surface area contributed by atoms with Gasteiger partial charge in [-0.1, -0.05) is 23.2 Å². The fourth-order valence-electron chi connectivity index (χ4n) is 1.30. The number of amides is 1. The number of carbonyl (C=O) groups excluding carboxylic acids is 1. The van der Waals surface area contributed by atoms with E-state index in [0.29, 0.717) is 16.6 Å². The topological polar surface area (TPSA) is 40.5 Å². The standard InChI is InChI=1S/C11H13Cl2NO2/c1-14(2-3-15)11(16)6-8-4-9(12)7-10(13)5-8/h4-5,7,15H,2-3,6H2,1H3. The van der Waals surface area contributed by atoms with Gasteiger partial charge in [0.05, 0.1) is 13.0 Å². The highest BCUT2D eigenvalue weighted by Gasteiger charge is 2.09. The second kappa shape index (κ2) is 6.09. The molecule has 0 atom stereocenters. The van der Waals surface area contributed by atoms with Gasteiger partial charge in [0, 0.05) is 23.6 Å². The van der Waals surface area contributed by atoms with Crippen molar-refractivity contribution >= 4 is 29.1 Å². The number of rotatable bonds is 4. The van der Waals surface area contributed by atoms with Crippen LogP contribution in [0.1, 0.15) is 5.56 Å². The third-order valence-corrected chi connectivity index (χ3v) is 2.58. The van der Waals surface area contributed by atoms with Crippen LogP contribution in [0.2, 0.25) is 10.0 Å². The smallest absolute Gasteiger partial charge is 0.226 e. The minimum absolute atomic E-state index is 0.0431. The zero-order valence-corrected chi connectivity index (χ0v) is 10.4. The van der Waals surface area contributed by atoms with Crippen molar-refractivity contribution in [2.75, 3.05) is 20.2 Å². The van der Waals surface area contributed by atoms with E-state index in [0.717, 1.165) is 5.56 Å². The Morgan fingerprint density at radius 3 is 2.38 bits per heavy atom. The van der Waals surface area contributed by atoms with Crippen LogP contribution >= 0.6 is 23.2 Å². The summed E-state index contributed by atoms with van der Waals surface area (Å²) < 4.78 is 0. The van der Waals surface area contributed by atoms with Crippen LogP contribution in [-0.2, 0) is 11.2 Å². The van der Waals surface area contributed by atoms with E-state index in [1.54, 1.807) is 25.2 Å². The maximum atomic E-state index is 11.7. The lowest BCUT2D eigenvalue weighted by atomic mass is 10.1. The van der Waals surface area contributed by atoms with Crippen LogP contribution in [-0.4, -0.2) is 36.1 Å². The second-order valence-electron chi connectivity index (χ2n) is 3.49. The molecular formula is C11H13Cl2NO2. The molecule has 0 bridgehead atoms. The number of aliphatic hydroxyl groups excluding tert-OH is 1. The number of hydrogen-bond donors (Lipinski definition) is 1. The Labute approximate surface area is 105 Å². The first-order valence-corrected chi connectivity index (χ1v) is 5.58. The molecule has 0 aliphatic heterocycles. The van der Waals surface area contributed by atoms with Gasteiger partial charge in [-0.3, -0.25) is 4.79 Å². The Hall–Kier alpha value is -0.770. The molecule has 1 N–H and O–H groups in total. The summed E-state index contributed by atoms with van der Waals surface area (Å²) in [4.78, 5) is 13.1. The minimum Gasteiger partial charge on any atom is -0.395 e. The number of nitrogens with zero attached hydrogens (tertiary/aromatic N) is 1. The lowest BCUT2D eigenvalue weighted by Gasteiger charge is -2.15. The molecule has 1 aromatic rings. The van der Waals surface area contributed by atoms with Crippen LogP contribution in [0.15, 0.2) is 18.2 Å². The van der Waals surface area contributed by atoms with Crippen molar-refractivity contribution in [1.82, 2.24) is 4.90 Å². The van der Waals surface area contributed by atoms with Gasteiger partial charge in [0.1, 0.15) is 0 Å². The molecule has 88 valence electrons. The summed E-state index contributed by atoms with van der Waals surface area (Å²) in [6.45, 7) is 0.283. The molecule has 0 radical (unpaired) electrons. The van der Waals surface area contributed by atoms with Gasteiger partial charge >= 0.3 is 0 Å². The second-order valence-corrected chi connectivity index (χ2v) is 4.37. The molecule has 0 aliphatic carbocycles. The van der Waals surface area contributed by atoms with Crippen molar-refractivity contribution < 1.29 is 9.90 Å². The highest BCUT2D eigenvalue weighted by Crippen LogP contribution is 2.19. The lowest BCUT2D eigenvalue weighted by molar-refractivity contribution is -0.129. The van der Waals surface area contributed by atoms with E-state index >= 15 is 0 Å². The Kier molecular flexibility index (Phi) is 5.06. The summed E-state index contributed by atoms with van der Waals surface area (Å²) in [5.41, 5.74) is 0.771. The molecule has 1 aromatic carbocycles. The van der Waals surface area contributed by atoms with Crippen LogP contribution in [0, 0.1) is 0 Å². The molecule has 0 saturated carbocycles. The van der Waals surface area contributed by atoms with Gasteiger partial charge in [0.15, 0.2) is 0 Å². The summed E-state index contributed by atoms with van der Waals surface area (Å²) in [7, 11) is 1.64. The van der Waals surface area contributed by atoms with Gasteiger partial charge in [0.2, 0.25) is 5.91 Å². The van der Waals surface area contributed by atoms with Crippen molar-refractivity contribution in [3.63, 3.8) is 0 Å². The van der Waals surface area contributed by atoms with Crippen molar-refractivity contribution in [1.29, 1.82) is 0 Å². The molecule has 0 spiro atoms. The summed E-state index contributed by atoms with van der Waals surface area (Å²) in [5.74, 6) is -0.0765. The van der Waals surface area contributed by atoms with Gasteiger partial charge in [-0.05, 0) is 23.8 Å². The first kappa shape index (κ1) is 13.3. The molecule has 1 amide bonds. The molecule has 16 heavy (non-hydrogen) atoms. The Morgan fingerprint density at radius 2 is 1.88 bits per heavy atom. The Morgan fingerprint density at radius 1 is 1.31 bits per heavy atom. The molecule has 0 heterocycles. The maximum Gasteiger partial charge on any atom is 0.226 e. The zero-order valence-electron chi connectivity index (χ0n) is 8.91. The highest BCUT2D eigenvalue weighted by atomic mass is 35.5. The van der Waals surface area contributed by atoms with E-state index in [4.69, 9.17) is 28.3 Å². The number of aliphatic hydroxyl groups is 1. The first-order valence-electron chi connectivity index (χ1n) is 4.82.